The molecule has 2 amide bonds. The first kappa shape index (κ1) is 21.2. The number of urea groups is 1. The van der Waals surface area contributed by atoms with Crippen LogP contribution < -0.4 is 16.2 Å². The molecule has 0 spiro atoms. The van der Waals surface area contributed by atoms with Gasteiger partial charge in [0, 0.05) is 23.9 Å². The molecule has 0 aliphatic heterocycles. The summed E-state index contributed by atoms with van der Waals surface area (Å²) >= 11 is 0. The number of benzene rings is 2. The maximum absolute atomic E-state index is 13.3. The first-order valence-corrected chi connectivity index (χ1v) is 9.29. The number of hydrogen-bond donors (Lipinski definition) is 2. The molecule has 0 unspecified atom stereocenters. The van der Waals surface area contributed by atoms with E-state index >= 15 is 0 Å². The Balaban J connectivity index is 2.10. The van der Waals surface area contributed by atoms with Crippen LogP contribution in [0.2, 0.25) is 0 Å². The summed E-state index contributed by atoms with van der Waals surface area (Å²) < 4.78 is 41.3. The van der Waals surface area contributed by atoms with E-state index in [1.807, 2.05) is 6.07 Å². The van der Waals surface area contributed by atoms with Crippen molar-refractivity contribution in [1.29, 1.82) is 0 Å². The molecule has 3 rings (SSSR count). The van der Waals surface area contributed by atoms with Crippen LogP contribution in [0, 0.1) is 0 Å². The second-order valence-electron chi connectivity index (χ2n) is 6.60. The molecule has 156 valence electrons. The standard InChI is InChI=1S/C22H20F3N3O2/c1-2-26-21(30)27-18-10-6-9-16(11-18)19-12-17(22(23,24)25)13-20(29)28(19)14-15-7-4-3-5-8-15/h3-13H,2,14H2,1H3,(H2,26,27,30). The molecule has 0 aliphatic carbocycles. The Morgan fingerprint density at radius 1 is 1.00 bits per heavy atom. The molecule has 2 aromatic carbocycles. The summed E-state index contributed by atoms with van der Waals surface area (Å²) in [4.78, 5) is 24.4. The number of nitrogens with zero attached hydrogens (tertiary/aromatic N) is 1. The Labute approximate surface area is 171 Å². The number of aromatic nitrogens is 1. The topological polar surface area (TPSA) is 63.1 Å². The van der Waals surface area contributed by atoms with E-state index in [0.717, 1.165) is 11.6 Å². The fraction of sp³-hybridized carbons (Fsp3) is 0.182. The van der Waals surface area contributed by atoms with Crippen LogP contribution in [0.15, 0.2) is 71.5 Å². The predicted molar refractivity (Wildman–Crippen MR) is 109 cm³/mol. The number of anilines is 1. The minimum Gasteiger partial charge on any atom is -0.338 e. The highest BCUT2D eigenvalue weighted by molar-refractivity contribution is 5.90. The van der Waals surface area contributed by atoms with Crippen LogP contribution in [-0.4, -0.2) is 17.1 Å². The number of halogens is 3. The lowest BCUT2D eigenvalue weighted by molar-refractivity contribution is -0.137. The summed E-state index contributed by atoms with van der Waals surface area (Å²) in [5, 5.41) is 5.20. The van der Waals surface area contributed by atoms with Gasteiger partial charge in [-0.3, -0.25) is 4.79 Å². The SMILES string of the molecule is CCNC(=O)Nc1cccc(-c2cc(C(F)(F)F)cc(=O)n2Cc2ccccc2)c1. The molecular formula is C22H20F3N3O2. The van der Waals surface area contributed by atoms with Gasteiger partial charge in [0.05, 0.1) is 17.8 Å². The zero-order valence-corrected chi connectivity index (χ0v) is 16.2. The summed E-state index contributed by atoms with van der Waals surface area (Å²) in [5.41, 5.74) is -0.117. The quantitative estimate of drug-likeness (QED) is 0.633. The highest BCUT2D eigenvalue weighted by atomic mass is 19.4. The van der Waals surface area contributed by atoms with Crippen LogP contribution in [-0.2, 0) is 12.7 Å². The second kappa shape index (κ2) is 8.86. The third kappa shape index (κ3) is 5.08. The number of rotatable bonds is 5. The van der Waals surface area contributed by atoms with E-state index in [0.29, 0.717) is 23.9 Å². The molecule has 3 aromatic rings. The van der Waals surface area contributed by atoms with Crippen molar-refractivity contribution in [3.63, 3.8) is 0 Å². The van der Waals surface area contributed by atoms with Crippen LogP contribution in [0.5, 0.6) is 0 Å². The Hall–Kier alpha value is -3.55. The zero-order chi connectivity index (χ0) is 21.7. The fourth-order valence-electron chi connectivity index (χ4n) is 3.02. The monoisotopic (exact) mass is 415 g/mol. The Morgan fingerprint density at radius 3 is 2.40 bits per heavy atom. The Morgan fingerprint density at radius 2 is 1.73 bits per heavy atom. The van der Waals surface area contributed by atoms with Crippen molar-refractivity contribution in [2.75, 3.05) is 11.9 Å². The average Bonchev–Trinajstić information content (AvgIpc) is 2.69. The molecule has 0 radical (unpaired) electrons. The highest BCUT2D eigenvalue weighted by Gasteiger charge is 2.32. The number of nitrogens with one attached hydrogen (secondary N) is 2. The van der Waals surface area contributed by atoms with Gasteiger partial charge in [-0.2, -0.15) is 13.2 Å². The van der Waals surface area contributed by atoms with Crippen LogP contribution >= 0.6 is 0 Å². The van der Waals surface area contributed by atoms with Crippen molar-refractivity contribution in [2.45, 2.75) is 19.6 Å². The number of pyridine rings is 1. The molecule has 0 saturated carbocycles. The molecule has 0 atom stereocenters. The molecule has 0 saturated heterocycles. The van der Waals surface area contributed by atoms with Gasteiger partial charge in [-0.25, -0.2) is 4.79 Å². The average molecular weight is 415 g/mol. The summed E-state index contributed by atoms with van der Waals surface area (Å²) in [6.45, 7) is 2.30. The smallest absolute Gasteiger partial charge is 0.338 e. The maximum atomic E-state index is 13.3. The minimum atomic E-state index is -4.66. The lowest BCUT2D eigenvalue weighted by Gasteiger charge is -2.17. The number of alkyl halides is 3. The first-order valence-electron chi connectivity index (χ1n) is 9.29. The minimum absolute atomic E-state index is 0.109. The maximum Gasteiger partial charge on any atom is 0.416 e. The largest absolute Gasteiger partial charge is 0.416 e. The van der Waals surface area contributed by atoms with E-state index in [1.54, 1.807) is 49.4 Å². The lowest BCUT2D eigenvalue weighted by atomic mass is 10.1. The van der Waals surface area contributed by atoms with Crippen LogP contribution in [0.3, 0.4) is 0 Å². The van der Waals surface area contributed by atoms with Gasteiger partial charge < -0.3 is 15.2 Å². The highest BCUT2D eigenvalue weighted by Crippen LogP contribution is 2.32. The molecule has 0 bridgehead atoms. The summed E-state index contributed by atoms with van der Waals surface area (Å²) in [6, 6.07) is 16.5. The van der Waals surface area contributed by atoms with E-state index in [2.05, 4.69) is 10.6 Å². The van der Waals surface area contributed by atoms with Crippen molar-refractivity contribution in [2.24, 2.45) is 0 Å². The van der Waals surface area contributed by atoms with Gasteiger partial charge in [-0.05, 0) is 30.7 Å². The van der Waals surface area contributed by atoms with Gasteiger partial charge >= 0.3 is 12.2 Å². The third-order valence-electron chi connectivity index (χ3n) is 4.39. The van der Waals surface area contributed by atoms with Crippen molar-refractivity contribution in [3.05, 3.63) is 88.2 Å². The van der Waals surface area contributed by atoms with Crippen LogP contribution in [0.25, 0.3) is 11.3 Å². The molecular weight excluding hydrogens is 395 g/mol. The van der Waals surface area contributed by atoms with E-state index in [-0.39, 0.29) is 12.2 Å². The molecule has 5 nitrogen and oxygen atoms in total. The number of amides is 2. The summed E-state index contributed by atoms with van der Waals surface area (Å²) in [5.74, 6) is 0. The van der Waals surface area contributed by atoms with Gasteiger partial charge in [-0.1, -0.05) is 42.5 Å². The Kier molecular flexibility index (Phi) is 6.25. The summed E-state index contributed by atoms with van der Waals surface area (Å²) in [6.07, 6.45) is -4.66. The van der Waals surface area contributed by atoms with E-state index in [9.17, 15) is 22.8 Å². The van der Waals surface area contributed by atoms with E-state index < -0.39 is 23.3 Å². The van der Waals surface area contributed by atoms with Crippen molar-refractivity contribution in [3.8, 4) is 11.3 Å². The molecule has 30 heavy (non-hydrogen) atoms. The molecule has 0 fully saturated rings. The molecule has 0 aliphatic rings. The number of carbonyl (C=O) groups is 1. The molecule has 1 heterocycles. The van der Waals surface area contributed by atoms with Gasteiger partial charge in [0.1, 0.15) is 0 Å². The van der Waals surface area contributed by atoms with Crippen molar-refractivity contribution >= 4 is 11.7 Å². The summed E-state index contributed by atoms with van der Waals surface area (Å²) in [7, 11) is 0. The molecule has 2 N–H and O–H groups in total. The van der Waals surface area contributed by atoms with Gasteiger partial charge in [0.25, 0.3) is 5.56 Å². The van der Waals surface area contributed by atoms with Crippen LogP contribution in [0.1, 0.15) is 18.1 Å². The second-order valence-corrected chi connectivity index (χ2v) is 6.60. The van der Waals surface area contributed by atoms with Gasteiger partial charge in [-0.15, -0.1) is 0 Å². The van der Waals surface area contributed by atoms with Crippen LogP contribution in [0.4, 0.5) is 23.7 Å². The van der Waals surface area contributed by atoms with Crippen molar-refractivity contribution in [1.82, 2.24) is 9.88 Å². The zero-order valence-electron chi connectivity index (χ0n) is 16.2. The predicted octanol–water partition coefficient (Wildman–Crippen LogP) is 4.72. The van der Waals surface area contributed by atoms with E-state index in [1.165, 1.54) is 10.6 Å². The third-order valence-corrected chi connectivity index (χ3v) is 4.39. The molecule has 8 heteroatoms. The van der Waals surface area contributed by atoms with Crippen molar-refractivity contribution < 1.29 is 18.0 Å². The fourth-order valence-corrected chi connectivity index (χ4v) is 3.02. The number of hydrogen-bond acceptors (Lipinski definition) is 2. The number of carbonyl (C=O) groups excluding carboxylic acids is 1. The Bertz CT molecular complexity index is 1090. The first-order chi connectivity index (χ1) is 14.3. The van der Waals surface area contributed by atoms with Gasteiger partial charge in [0.15, 0.2) is 0 Å². The lowest BCUT2D eigenvalue weighted by Crippen LogP contribution is -2.28. The van der Waals surface area contributed by atoms with E-state index in [4.69, 9.17) is 0 Å². The van der Waals surface area contributed by atoms with Gasteiger partial charge in [0.2, 0.25) is 0 Å². The normalized spacial score (nSPS) is 11.2. The molecule has 1 aromatic heterocycles.